The molecule has 2 N–H and O–H groups in total. The van der Waals surface area contributed by atoms with Crippen LogP contribution in [0.3, 0.4) is 0 Å². The van der Waals surface area contributed by atoms with Gasteiger partial charge in [0.1, 0.15) is 12.7 Å². The van der Waals surface area contributed by atoms with Gasteiger partial charge in [0.05, 0.1) is 0 Å². The van der Waals surface area contributed by atoms with Gasteiger partial charge in [0.25, 0.3) is 0 Å². The Labute approximate surface area is 149 Å². The van der Waals surface area contributed by atoms with E-state index in [4.69, 9.17) is 15.2 Å². The maximum Gasteiger partial charge on any atom is 0.161 e. The number of para-hydroxylation sites is 2. The van der Waals surface area contributed by atoms with Crippen molar-refractivity contribution in [1.82, 2.24) is 0 Å². The van der Waals surface area contributed by atoms with E-state index < -0.39 is 0 Å². The Balaban J connectivity index is 1.67. The molecule has 1 unspecified atom stereocenters. The molecule has 0 bridgehead atoms. The van der Waals surface area contributed by atoms with Crippen molar-refractivity contribution in [3.63, 3.8) is 0 Å². The van der Waals surface area contributed by atoms with Crippen molar-refractivity contribution in [1.29, 1.82) is 0 Å². The average Bonchev–Trinajstić information content (AvgIpc) is 2.68. The van der Waals surface area contributed by atoms with Crippen molar-refractivity contribution in [2.24, 2.45) is 5.73 Å². The summed E-state index contributed by atoms with van der Waals surface area (Å²) in [5.41, 5.74) is 8.25. The molecule has 0 amide bonds. The largest absolute Gasteiger partial charge is 0.485 e. The lowest BCUT2D eigenvalue weighted by molar-refractivity contribution is 0.193. The van der Waals surface area contributed by atoms with Crippen LogP contribution in [0.15, 0.2) is 84.9 Å². The van der Waals surface area contributed by atoms with Gasteiger partial charge in [-0.25, -0.2) is 0 Å². The second-order valence-electron chi connectivity index (χ2n) is 5.89. The molecule has 0 aliphatic rings. The second kappa shape index (κ2) is 8.90. The number of nitrogens with two attached hydrogens (primary N) is 1. The summed E-state index contributed by atoms with van der Waals surface area (Å²) in [6.45, 7) is 0.953. The number of rotatable bonds is 8. The fourth-order valence-electron chi connectivity index (χ4n) is 2.63. The van der Waals surface area contributed by atoms with Gasteiger partial charge in [-0.05, 0) is 23.3 Å². The normalized spacial score (nSPS) is 11.7. The maximum absolute atomic E-state index is 6.14. The van der Waals surface area contributed by atoms with E-state index >= 15 is 0 Å². The second-order valence-corrected chi connectivity index (χ2v) is 5.89. The van der Waals surface area contributed by atoms with Gasteiger partial charge < -0.3 is 15.2 Å². The number of ether oxygens (including phenoxy) is 2. The summed E-state index contributed by atoms with van der Waals surface area (Å²) in [5, 5.41) is 0. The van der Waals surface area contributed by atoms with Crippen LogP contribution in [0.4, 0.5) is 0 Å². The van der Waals surface area contributed by atoms with Crippen molar-refractivity contribution in [3.05, 3.63) is 96.1 Å². The van der Waals surface area contributed by atoms with Gasteiger partial charge in [0, 0.05) is 13.0 Å². The maximum atomic E-state index is 6.14. The van der Waals surface area contributed by atoms with E-state index in [1.807, 2.05) is 72.8 Å². The highest BCUT2D eigenvalue weighted by molar-refractivity contribution is 5.40. The van der Waals surface area contributed by atoms with E-state index in [0.29, 0.717) is 13.2 Å². The minimum Gasteiger partial charge on any atom is -0.485 e. The highest BCUT2D eigenvalue weighted by atomic mass is 16.5. The molecule has 3 heteroatoms. The molecule has 0 saturated carbocycles. The quantitative estimate of drug-likeness (QED) is 0.671. The van der Waals surface area contributed by atoms with Gasteiger partial charge in [-0.1, -0.05) is 72.8 Å². The third kappa shape index (κ3) is 5.10. The van der Waals surface area contributed by atoms with Crippen molar-refractivity contribution in [3.8, 4) is 11.5 Å². The predicted molar refractivity (Wildman–Crippen MR) is 101 cm³/mol. The Morgan fingerprint density at radius 3 is 1.88 bits per heavy atom. The number of hydrogen-bond acceptors (Lipinski definition) is 3. The third-order valence-electron chi connectivity index (χ3n) is 3.95. The summed E-state index contributed by atoms with van der Waals surface area (Å²) < 4.78 is 12.1. The van der Waals surface area contributed by atoms with E-state index in [1.54, 1.807) is 0 Å². The van der Waals surface area contributed by atoms with Gasteiger partial charge in [-0.15, -0.1) is 0 Å². The van der Waals surface area contributed by atoms with Crippen molar-refractivity contribution >= 4 is 0 Å². The van der Waals surface area contributed by atoms with Gasteiger partial charge in [0.15, 0.2) is 11.5 Å². The van der Waals surface area contributed by atoms with E-state index in [-0.39, 0.29) is 6.10 Å². The molecule has 0 heterocycles. The topological polar surface area (TPSA) is 44.5 Å². The lowest BCUT2D eigenvalue weighted by Crippen LogP contribution is -2.29. The van der Waals surface area contributed by atoms with Crippen molar-refractivity contribution < 1.29 is 9.47 Å². The molecule has 3 aromatic carbocycles. The Morgan fingerprint density at radius 2 is 1.24 bits per heavy atom. The molecule has 0 radical (unpaired) electrons. The Morgan fingerprint density at radius 1 is 0.680 bits per heavy atom. The van der Waals surface area contributed by atoms with Gasteiger partial charge >= 0.3 is 0 Å². The molecular weight excluding hydrogens is 310 g/mol. The van der Waals surface area contributed by atoms with Crippen LogP contribution in [0.5, 0.6) is 11.5 Å². The predicted octanol–water partition coefficient (Wildman–Crippen LogP) is 4.21. The minimum absolute atomic E-state index is 0.0936. The molecule has 3 nitrogen and oxygen atoms in total. The molecule has 3 rings (SSSR count). The molecule has 128 valence electrons. The minimum atomic E-state index is -0.0936. The lowest BCUT2D eigenvalue weighted by Gasteiger charge is -2.20. The summed E-state index contributed by atoms with van der Waals surface area (Å²) in [7, 11) is 0. The van der Waals surface area contributed by atoms with Gasteiger partial charge in [-0.3, -0.25) is 0 Å². The number of hydrogen-bond donors (Lipinski definition) is 1. The number of benzene rings is 3. The van der Waals surface area contributed by atoms with E-state index in [0.717, 1.165) is 23.5 Å². The average molecular weight is 333 g/mol. The van der Waals surface area contributed by atoms with Crippen LogP contribution in [-0.4, -0.2) is 12.6 Å². The van der Waals surface area contributed by atoms with Gasteiger partial charge in [0.2, 0.25) is 0 Å². The monoisotopic (exact) mass is 333 g/mol. The summed E-state index contributed by atoms with van der Waals surface area (Å²) in [6.07, 6.45) is 0.675. The molecule has 3 aromatic rings. The molecule has 0 aromatic heterocycles. The van der Waals surface area contributed by atoms with Gasteiger partial charge in [-0.2, -0.15) is 0 Å². The van der Waals surface area contributed by atoms with E-state index in [2.05, 4.69) is 12.1 Å². The first-order valence-corrected chi connectivity index (χ1v) is 8.51. The lowest BCUT2D eigenvalue weighted by atomic mass is 10.1. The highest BCUT2D eigenvalue weighted by Gasteiger charge is 2.13. The molecule has 0 fully saturated rings. The molecule has 0 spiro atoms. The summed E-state index contributed by atoms with van der Waals surface area (Å²) >= 11 is 0. The first kappa shape index (κ1) is 17.1. The van der Waals surface area contributed by atoms with Crippen LogP contribution >= 0.6 is 0 Å². The Bertz CT molecular complexity index is 759. The van der Waals surface area contributed by atoms with Crippen LogP contribution in [0.2, 0.25) is 0 Å². The fraction of sp³-hybridized carbons (Fsp3) is 0.182. The molecule has 0 saturated heterocycles. The SMILES string of the molecule is NCC(Cc1ccccc1)Oc1ccccc1OCc1ccccc1. The summed E-state index contributed by atoms with van der Waals surface area (Å²) in [4.78, 5) is 0. The van der Waals surface area contributed by atoms with Crippen molar-refractivity contribution in [2.45, 2.75) is 19.1 Å². The fourth-order valence-corrected chi connectivity index (χ4v) is 2.63. The molecule has 0 aliphatic heterocycles. The zero-order chi connectivity index (χ0) is 17.3. The third-order valence-corrected chi connectivity index (χ3v) is 3.95. The smallest absolute Gasteiger partial charge is 0.161 e. The first-order valence-electron chi connectivity index (χ1n) is 8.51. The first-order chi connectivity index (χ1) is 12.3. The molecule has 0 aliphatic carbocycles. The van der Waals surface area contributed by atoms with E-state index in [1.165, 1.54) is 5.56 Å². The molecular formula is C22H23NO2. The molecule has 1 atom stereocenters. The zero-order valence-corrected chi connectivity index (χ0v) is 14.2. The van der Waals surface area contributed by atoms with Crippen LogP contribution in [-0.2, 0) is 13.0 Å². The zero-order valence-electron chi connectivity index (χ0n) is 14.2. The van der Waals surface area contributed by atoms with Crippen LogP contribution in [0.1, 0.15) is 11.1 Å². The molecule has 25 heavy (non-hydrogen) atoms. The van der Waals surface area contributed by atoms with Crippen LogP contribution in [0.25, 0.3) is 0 Å². The highest BCUT2D eigenvalue weighted by Crippen LogP contribution is 2.28. The standard InChI is InChI=1S/C22H23NO2/c23-16-20(15-18-9-3-1-4-10-18)25-22-14-8-7-13-21(22)24-17-19-11-5-2-6-12-19/h1-14,20H,15-17,23H2. The van der Waals surface area contributed by atoms with Crippen LogP contribution < -0.4 is 15.2 Å². The van der Waals surface area contributed by atoms with Crippen LogP contribution in [0, 0.1) is 0 Å². The summed E-state index contributed by atoms with van der Waals surface area (Å²) in [5.74, 6) is 1.46. The Kier molecular flexibility index (Phi) is 6.07. The Hall–Kier alpha value is -2.78. The summed E-state index contributed by atoms with van der Waals surface area (Å²) in [6, 6.07) is 28.1. The van der Waals surface area contributed by atoms with Crippen molar-refractivity contribution in [2.75, 3.05) is 6.54 Å². The van der Waals surface area contributed by atoms with E-state index in [9.17, 15) is 0 Å².